The van der Waals surface area contributed by atoms with Crippen LogP contribution in [0.1, 0.15) is 54.9 Å². The summed E-state index contributed by atoms with van der Waals surface area (Å²) in [4.78, 5) is 40.2. The minimum atomic E-state index is -0.0534. The van der Waals surface area contributed by atoms with Gasteiger partial charge in [0.15, 0.2) is 0 Å². The Hall–Kier alpha value is -1.11. The molecule has 0 heterocycles. The number of ether oxygens (including phenoxy) is 1. The van der Waals surface area contributed by atoms with Crippen LogP contribution in [-0.2, 0) is 19.1 Å². The molecular formula is C21H40N2O4. The number of hydrogen-bond donors (Lipinski definition) is 0. The molecule has 0 aromatic rings. The van der Waals surface area contributed by atoms with Crippen LogP contribution in [0.25, 0.3) is 0 Å². The van der Waals surface area contributed by atoms with Gasteiger partial charge in [-0.15, -0.1) is 0 Å². The summed E-state index contributed by atoms with van der Waals surface area (Å²) in [5.41, 5.74) is 0. The number of hydrogen-bond acceptors (Lipinski definition) is 6. The predicted octanol–water partition coefficient (Wildman–Crippen LogP) is 2.44. The van der Waals surface area contributed by atoms with Crippen LogP contribution in [0.4, 0.5) is 0 Å². The zero-order valence-corrected chi connectivity index (χ0v) is 18.4. The maximum absolute atomic E-state index is 12.2. The lowest BCUT2D eigenvalue weighted by molar-refractivity contribution is -0.126. The van der Waals surface area contributed by atoms with E-state index in [-0.39, 0.29) is 48.4 Å². The molecule has 0 spiro atoms. The number of Topliss-reactive ketones (excluding diaryl/α,β-unsaturated/α-hetero) is 3. The predicted molar refractivity (Wildman–Crippen MR) is 109 cm³/mol. The summed E-state index contributed by atoms with van der Waals surface area (Å²) >= 11 is 0. The Morgan fingerprint density at radius 1 is 0.741 bits per heavy atom. The topological polar surface area (TPSA) is 66.9 Å². The number of rotatable bonds is 16. The van der Waals surface area contributed by atoms with Crippen molar-refractivity contribution >= 4 is 17.3 Å². The zero-order chi connectivity index (χ0) is 21.0. The third kappa shape index (κ3) is 12.8. The first-order chi connectivity index (χ1) is 12.6. The van der Waals surface area contributed by atoms with Gasteiger partial charge in [-0.05, 0) is 13.8 Å². The molecule has 0 aromatic carbocycles. The molecule has 0 aliphatic carbocycles. The lowest BCUT2D eigenvalue weighted by Gasteiger charge is -2.27. The maximum atomic E-state index is 12.2. The molecule has 0 rings (SSSR count). The van der Waals surface area contributed by atoms with Gasteiger partial charge in [0.25, 0.3) is 0 Å². The van der Waals surface area contributed by atoms with Crippen LogP contribution in [0, 0.1) is 11.8 Å². The Kier molecular flexibility index (Phi) is 13.4. The SMILES string of the molecule is CCC(=O)CN(CCN(CCOC(C)C)CC(=O)C(C)C)CC(=O)C(C)C. The van der Waals surface area contributed by atoms with Crippen LogP contribution in [0.2, 0.25) is 0 Å². The molecule has 0 amide bonds. The summed E-state index contributed by atoms with van der Waals surface area (Å²) in [6.07, 6.45) is 0.611. The van der Waals surface area contributed by atoms with Gasteiger partial charge in [-0.1, -0.05) is 34.6 Å². The van der Waals surface area contributed by atoms with Crippen molar-refractivity contribution in [2.75, 3.05) is 45.9 Å². The van der Waals surface area contributed by atoms with E-state index in [0.29, 0.717) is 39.2 Å². The molecule has 0 aliphatic heterocycles. The summed E-state index contributed by atoms with van der Waals surface area (Å²) in [6.45, 7) is 16.7. The minimum Gasteiger partial charge on any atom is -0.377 e. The summed E-state index contributed by atoms with van der Waals surface area (Å²) in [5.74, 6) is 0.376. The summed E-state index contributed by atoms with van der Waals surface area (Å²) in [5, 5.41) is 0. The smallest absolute Gasteiger partial charge is 0.149 e. The van der Waals surface area contributed by atoms with Crippen LogP contribution < -0.4 is 0 Å². The lowest BCUT2D eigenvalue weighted by Crippen LogP contribution is -2.43. The van der Waals surface area contributed by atoms with E-state index >= 15 is 0 Å². The Morgan fingerprint density at radius 2 is 1.22 bits per heavy atom. The molecule has 0 fully saturated rings. The molecule has 158 valence electrons. The van der Waals surface area contributed by atoms with E-state index in [1.54, 1.807) is 0 Å². The van der Waals surface area contributed by atoms with E-state index in [1.807, 2.05) is 53.4 Å². The molecule has 6 nitrogen and oxygen atoms in total. The fourth-order valence-electron chi connectivity index (χ4n) is 2.35. The van der Waals surface area contributed by atoms with Crippen molar-refractivity contribution in [3.63, 3.8) is 0 Å². The van der Waals surface area contributed by atoms with E-state index in [1.165, 1.54) is 0 Å². The average molecular weight is 385 g/mol. The number of carbonyl (C=O) groups excluding carboxylic acids is 3. The first-order valence-electron chi connectivity index (χ1n) is 10.2. The molecule has 0 unspecified atom stereocenters. The second kappa shape index (κ2) is 14.0. The van der Waals surface area contributed by atoms with Gasteiger partial charge >= 0.3 is 0 Å². The van der Waals surface area contributed by atoms with Crippen molar-refractivity contribution in [2.24, 2.45) is 11.8 Å². The van der Waals surface area contributed by atoms with E-state index in [2.05, 4.69) is 4.90 Å². The van der Waals surface area contributed by atoms with E-state index in [0.717, 1.165) is 0 Å². The Balaban J connectivity index is 4.88. The Morgan fingerprint density at radius 3 is 1.67 bits per heavy atom. The first kappa shape index (κ1) is 25.9. The van der Waals surface area contributed by atoms with E-state index in [4.69, 9.17) is 4.74 Å². The van der Waals surface area contributed by atoms with Crippen molar-refractivity contribution in [2.45, 2.75) is 61.0 Å². The normalized spacial score (nSPS) is 12.0. The molecule has 0 saturated heterocycles. The quantitative estimate of drug-likeness (QED) is 0.407. The first-order valence-corrected chi connectivity index (χ1v) is 10.2. The van der Waals surface area contributed by atoms with Gasteiger partial charge in [0, 0.05) is 37.9 Å². The minimum absolute atomic E-state index is 0.0150. The number of ketones is 3. The van der Waals surface area contributed by atoms with Crippen molar-refractivity contribution in [3.05, 3.63) is 0 Å². The summed E-state index contributed by atoms with van der Waals surface area (Å²) in [6, 6.07) is 0. The van der Waals surface area contributed by atoms with Crippen LogP contribution in [-0.4, -0.2) is 79.1 Å². The van der Waals surface area contributed by atoms with Gasteiger partial charge in [0.05, 0.1) is 32.3 Å². The monoisotopic (exact) mass is 384 g/mol. The third-order valence-corrected chi connectivity index (χ3v) is 4.43. The van der Waals surface area contributed by atoms with Crippen LogP contribution in [0.5, 0.6) is 0 Å². The highest BCUT2D eigenvalue weighted by Crippen LogP contribution is 2.03. The molecule has 27 heavy (non-hydrogen) atoms. The van der Waals surface area contributed by atoms with Gasteiger partial charge in [-0.25, -0.2) is 0 Å². The molecule has 6 heteroatoms. The molecule has 0 bridgehead atoms. The van der Waals surface area contributed by atoms with Crippen molar-refractivity contribution in [3.8, 4) is 0 Å². The van der Waals surface area contributed by atoms with Crippen molar-refractivity contribution < 1.29 is 19.1 Å². The zero-order valence-electron chi connectivity index (χ0n) is 18.4. The van der Waals surface area contributed by atoms with Gasteiger partial charge in [-0.3, -0.25) is 24.2 Å². The van der Waals surface area contributed by atoms with Crippen molar-refractivity contribution in [1.29, 1.82) is 0 Å². The number of nitrogens with zero attached hydrogens (tertiary/aromatic N) is 2. The molecule has 0 aliphatic rings. The molecule has 0 atom stereocenters. The second-order valence-corrected chi connectivity index (χ2v) is 8.04. The Bertz CT molecular complexity index is 461. The molecule has 0 aromatic heterocycles. The molecular weight excluding hydrogens is 344 g/mol. The lowest BCUT2D eigenvalue weighted by atomic mass is 10.1. The highest BCUT2D eigenvalue weighted by atomic mass is 16.5. The fraction of sp³-hybridized carbons (Fsp3) is 0.857. The maximum Gasteiger partial charge on any atom is 0.149 e. The van der Waals surface area contributed by atoms with E-state index in [9.17, 15) is 14.4 Å². The highest BCUT2D eigenvalue weighted by molar-refractivity contribution is 5.84. The average Bonchev–Trinajstić information content (AvgIpc) is 2.58. The van der Waals surface area contributed by atoms with Crippen molar-refractivity contribution in [1.82, 2.24) is 9.80 Å². The second-order valence-electron chi connectivity index (χ2n) is 8.04. The van der Waals surface area contributed by atoms with Crippen LogP contribution in [0.15, 0.2) is 0 Å². The Labute approximate surface area is 165 Å². The third-order valence-electron chi connectivity index (χ3n) is 4.43. The standard InChI is InChI=1S/C21H40N2O4/c1-8-19(24)13-23(15-21(26)17(4)5)10-9-22(11-12-27-18(6)7)14-20(25)16(2)3/h16-18H,8-15H2,1-7H3. The van der Waals surface area contributed by atoms with Gasteiger partial charge in [0.1, 0.15) is 17.3 Å². The van der Waals surface area contributed by atoms with Crippen LogP contribution >= 0.6 is 0 Å². The fourth-order valence-corrected chi connectivity index (χ4v) is 2.35. The van der Waals surface area contributed by atoms with Gasteiger partial charge in [-0.2, -0.15) is 0 Å². The van der Waals surface area contributed by atoms with E-state index < -0.39 is 0 Å². The molecule has 0 radical (unpaired) electrons. The van der Waals surface area contributed by atoms with Gasteiger partial charge in [0.2, 0.25) is 0 Å². The molecule has 0 saturated carbocycles. The van der Waals surface area contributed by atoms with Gasteiger partial charge < -0.3 is 4.74 Å². The molecule has 0 N–H and O–H groups in total. The largest absolute Gasteiger partial charge is 0.377 e. The number of carbonyl (C=O) groups is 3. The van der Waals surface area contributed by atoms with Crippen LogP contribution in [0.3, 0.4) is 0 Å². The summed E-state index contributed by atoms with van der Waals surface area (Å²) < 4.78 is 5.62. The highest BCUT2D eigenvalue weighted by Gasteiger charge is 2.19. The summed E-state index contributed by atoms with van der Waals surface area (Å²) in [7, 11) is 0.